The molecule has 3 nitrogen and oxygen atoms in total. The highest BCUT2D eigenvalue weighted by Crippen LogP contribution is 2.13. The number of hydrogen-bond acceptors (Lipinski definition) is 3. The van der Waals surface area contributed by atoms with Gasteiger partial charge in [0, 0.05) is 6.54 Å². The van der Waals surface area contributed by atoms with Gasteiger partial charge in [-0.2, -0.15) is 0 Å². The molecule has 0 heterocycles. The molecule has 0 radical (unpaired) electrons. The van der Waals surface area contributed by atoms with Gasteiger partial charge in [0.05, 0.1) is 20.3 Å². The molecule has 0 aliphatic heterocycles. The predicted octanol–water partition coefficient (Wildman–Crippen LogP) is 2.87. The fourth-order valence-corrected chi connectivity index (χ4v) is 1.85. The summed E-state index contributed by atoms with van der Waals surface area (Å²) in [4.78, 5) is 0. The Labute approximate surface area is 114 Å². The average Bonchev–Trinajstić information content (AvgIpc) is 2.48. The molecule has 0 atom stereocenters. The van der Waals surface area contributed by atoms with Crippen LogP contribution in [0.5, 0.6) is 5.75 Å². The predicted molar refractivity (Wildman–Crippen MR) is 75.8 cm³/mol. The minimum atomic E-state index is 0.562. The van der Waals surface area contributed by atoms with E-state index < -0.39 is 0 Å². The topological polar surface area (TPSA) is 44.5 Å². The van der Waals surface area contributed by atoms with Crippen LogP contribution in [0.25, 0.3) is 0 Å². The van der Waals surface area contributed by atoms with Crippen molar-refractivity contribution in [2.24, 2.45) is 5.73 Å². The minimum Gasteiger partial charge on any atom is -0.497 e. The molecule has 2 rings (SSSR count). The van der Waals surface area contributed by atoms with Crippen molar-refractivity contribution < 1.29 is 9.47 Å². The lowest BCUT2D eigenvalue weighted by Crippen LogP contribution is -1.99. The van der Waals surface area contributed by atoms with Crippen LogP contribution in [-0.2, 0) is 24.5 Å². The summed E-state index contributed by atoms with van der Waals surface area (Å²) >= 11 is 0. The number of hydrogen-bond donors (Lipinski definition) is 1. The van der Waals surface area contributed by atoms with E-state index in [1.165, 1.54) is 0 Å². The summed E-state index contributed by atoms with van der Waals surface area (Å²) in [6, 6.07) is 16.0. The standard InChI is InChI=1S/C16H19NO2/c1-18-16-7-5-13(6-8-16)11-19-12-15-4-2-3-14(9-15)10-17/h2-9H,10-12,17H2,1H3. The van der Waals surface area contributed by atoms with E-state index in [1.54, 1.807) is 7.11 Å². The molecule has 0 amide bonds. The van der Waals surface area contributed by atoms with Crippen LogP contribution in [0, 0.1) is 0 Å². The Balaban J connectivity index is 1.85. The van der Waals surface area contributed by atoms with Crippen molar-refractivity contribution in [1.29, 1.82) is 0 Å². The molecular formula is C16H19NO2. The van der Waals surface area contributed by atoms with E-state index in [9.17, 15) is 0 Å². The molecule has 0 fully saturated rings. The molecule has 0 saturated heterocycles. The van der Waals surface area contributed by atoms with Gasteiger partial charge in [0.25, 0.3) is 0 Å². The third-order valence-electron chi connectivity index (χ3n) is 2.92. The normalized spacial score (nSPS) is 10.4. The van der Waals surface area contributed by atoms with Crippen molar-refractivity contribution >= 4 is 0 Å². The van der Waals surface area contributed by atoms with Crippen LogP contribution in [0.1, 0.15) is 16.7 Å². The highest BCUT2D eigenvalue weighted by molar-refractivity contribution is 5.27. The molecule has 0 aromatic heterocycles. The highest BCUT2D eigenvalue weighted by Gasteiger charge is 1.97. The maximum atomic E-state index is 5.70. The number of nitrogens with two attached hydrogens (primary N) is 1. The lowest BCUT2D eigenvalue weighted by Gasteiger charge is -2.07. The Kier molecular flexibility index (Phi) is 4.95. The van der Waals surface area contributed by atoms with Crippen molar-refractivity contribution in [2.75, 3.05) is 7.11 Å². The molecule has 0 spiro atoms. The monoisotopic (exact) mass is 257 g/mol. The molecule has 3 heteroatoms. The van der Waals surface area contributed by atoms with Crippen molar-refractivity contribution in [2.45, 2.75) is 19.8 Å². The fourth-order valence-electron chi connectivity index (χ4n) is 1.85. The van der Waals surface area contributed by atoms with Crippen LogP contribution in [0.4, 0.5) is 0 Å². The maximum Gasteiger partial charge on any atom is 0.118 e. The molecule has 0 aliphatic carbocycles. The van der Waals surface area contributed by atoms with E-state index in [-0.39, 0.29) is 0 Å². The van der Waals surface area contributed by atoms with Crippen molar-refractivity contribution in [1.82, 2.24) is 0 Å². The lowest BCUT2D eigenvalue weighted by molar-refractivity contribution is 0.107. The van der Waals surface area contributed by atoms with E-state index in [4.69, 9.17) is 15.2 Å². The summed E-state index contributed by atoms with van der Waals surface area (Å²) in [5.74, 6) is 0.861. The molecule has 19 heavy (non-hydrogen) atoms. The number of benzene rings is 2. The van der Waals surface area contributed by atoms with Gasteiger partial charge in [0.1, 0.15) is 5.75 Å². The van der Waals surface area contributed by atoms with Gasteiger partial charge in [-0.15, -0.1) is 0 Å². The third kappa shape index (κ3) is 4.09. The van der Waals surface area contributed by atoms with Crippen LogP contribution in [0.15, 0.2) is 48.5 Å². The van der Waals surface area contributed by atoms with Gasteiger partial charge in [-0.25, -0.2) is 0 Å². The molecule has 0 saturated carbocycles. The second kappa shape index (κ2) is 6.92. The first kappa shape index (κ1) is 13.6. The Morgan fingerprint density at radius 1 is 0.895 bits per heavy atom. The quantitative estimate of drug-likeness (QED) is 0.865. The van der Waals surface area contributed by atoms with Gasteiger partial charge >= 0.3 is 0 Å². The van der Waals surface area contributed by atoms with Crippen molar-refractivity contribution in [3.63, 3.8) is 0 Å². The molecule has 100 valence electrons. The molecule has 2 aromatic rings. The maximum absolute atomic E-state index is 5.70. The zero-order chi connectivity index (χ0) is 13.5. The number of ether oxygens (including phenoxy) is 2. The summed E-state index contributed by atoms with van der Waals surface area (Å²) in [7, 11) is 1.66. The largest absolute Gasteiger partial charge is 0.497 e. The summed E-state index contributed by atoms with van der Waals surface area (Å²) in [5.41, 5.74) is 9.03. The van der Waals surface area contributed by atoms with Gasteiger partial charge in [-0.1, -0.05) is 36.4 Å². The fraction of sp³-hybridized carbons (Fsp3) is 0.250. The molecule has 0 bridgehead atoms. The van der Waals surface area contributed by atoms with Gasteiger partial charge in [-0.3, -0.25) is 0 Å². The van der Waals surface area contributed by atoms with Gasteiger partial charge in [-0.05, 0) is 28.8 Å². The second-order valence-corrected chi connectivity index (χ2v) is 4.36. The van der Waals surface area contributed by atoms with Crippen molar-refractivity contribution in [3.05, 3.63) is 65.2 Å². The summed E-state index contributed by atoms with van der Waals surface area (Å²) in [6.45, 7) is 1.75. The minimum absolute atomic E-state index is 0.562. The Morgan fingerprint density at radius 2 is 1.58 bits per heavy atom. The molecule has 0 unspecified atom stereocenters. The molecular weight excluding hydrogens is 238 g/mol. The summed E-state index contributed by atoms with van der Waals surface area (Å²) < 4.78 is 10.8. The first-order chi connectivity index (χ1) is 9.31. The second-order valence-electron chi connectivity index (χ2n) is 4.36. The molecule has 2 N–H and O–H groups in total. The first-order valence-electron chi connectivity index (χ1n) is 6.30. The summed E-state index contributed by atoms with van der Waals surface area (Å²) in [6.07, 6.45) is 0. The number of methoxy groups -OCH3 is 1. The highest BCUT2D eigenvalue weighted by atomic mass is 16.5. The van der Waals surface area contributed by atoms with Crippen LogP contribution < -0.4 is 10.5 Å². The van der Waals surface area contributed by atoms with E-state index >= 15 is 0 Å². The van der Waals surface area contributed by atoms with E-state index in [2.05, 4.69) is 6.07 Å². The van der Waals surface area contributed by atoms with Gasteiger partial charge in [0.15, 0.2) is 0 Å². The third-order valence-corrected chi connectivity index (χ3v) is 2.92. The van der Waals surface area contributed by atoms with Crippen LogP contribution in [-0.4, -0.2) is 7.11 Å². The average molecular weight is 257 g/mol. The SMILES string of the molecule is COc1ccc(COCc2cccc(CN)c2)cc1. The zero-order valence-electron chi connectivity index (χ0n) is 11.1. The number of rotatable bonds is 6. The first-order valence-corrected chi connectivity index (χ1v) is 6.30. The van der Waals surface area contributed by atoms with Crippen molar-refractivity contribution in [3.8, 4) is 5.75 Å². The van der Waals surface area contributed by atoms with E-state index in [1.807, 2.05) is 42.5 Å². The van der Waals surface area contributed by atoms with Crippen LogP contribution in [0.2, 0.25) is 0 Å². The zero-order valence-corrected chi connectivity index (χ0v) is 11.1. The van der Waals surface area contributed by atoms with Gasteiger partial charge < -0.3 is 15.2 Å². The smallest absolute Gasteiger partial charge is 0.118 e. The van der Waals surface area contributed by atoms with E-state index in [0.29, 0.717) is 19.8 Å². The summed E-state index contributed by atoms with van der Waals surface area (Å²) in [5, 5.41) is 0. The molecule has 0 aliphatic rings. The van der Waals surface area contributed by atoms with Crippen LogP contribution in [0.3, 0.4) is 0 Å². The Hall–Kier alpha value is -1.84. The molecule has 2 aromatic carbocycles. The Morgan fingerprint density at radius 3 is 2.26 bits per heavy atom. The van der Waals surface area contributed by atoms with E-state index in [0.717, 1.165) is 22.4 Å². The lowest BCUT2D eigenvalue weighted by atomic mass is 10.1. The van der Waals surface area contributed by atoms with Crippen LogP contribution >= 0.6 is 0 Å². The Bertz CT molecular complexity index is 508. The van der Waals surface area contributed by atoms with Gasteiger partial charge in [0.2, 0.25) is 0 Å².